The summed E-state index contributed by atoms with van der Waals surface area (Å²) in [5.74, 6) is 2.57. The second-order valence-electron chi connectivity index (χ2n) is 13.4. The summed E-state index contributed by atoms with van der Waals surface area (Å²) in [6, 6.07) is 2.86. The van der Waals surface area contributed by atoms with Crippen LogP contribution in [0.25, 0.3) is 0 Å². The number of hydrogen-bond donors (Lipinski definition) is 5. The molecular formula is C33H43N3O8. The Labute approximate surface area is 257 Å². The summed E-state index contributed by atoms with van der Waals surface area (Å²) in [6.07, 6.45) is 15.2. The lowest BCUT2D eigenvalue weighted by molar-refractivity contribution is -0.991. The molecular weight excluding hydrogens is 566 g/mol. The van der Waals surface area contributed by atoms with Gasteiger partial charge in [-0.25, -0.2) is 10.0 Å². The first-order valence-corrected chi connectivity index (χ1v) is 15.4. The van der Waals surface area contributed by atoms with Crippen LogP contribution in [0.5, 0.6) is 5.75 Å². The molecule has 0 heterocycles. The van der Waals surface area contributed by atoms with Crippen molar-refractivity contribution in [1.29, 1.82) is 0 Å². The Morgan fingerprint density at radius 1 is 1.20 bits per heavy atom. The number of carbonyl (C=O) groups excluding carboxylic acids is 2. The van der Waals surface area contributed by atoms with Gasteiger partial charge >= 0.3 is 5.97 Å². The number of nitrogens with zero attached hydrogens (tertiary/aromatic N) is 1. The number of phenolic OH excluding ortho intramolecular Hbond substituents is 1. The third-order valence-electron chi connectivity index (χ3n) is 11.3. The van der Waals surface area contributed by atoms with Crippen molar-refractivity contribution in [1.82, 2.24) is 5.32 Å². The molecule has 1 amide bonds. The zero-order chi connectivity index (χ0) is 31.9. The maximum Gasteiger partial charge on any atom is 0.328 e. The highest BCUT2D eigenvalue weighted by Gasteiger charge is 2.63. The Balaban J connectivity index is 1.20. The quantitative estimate of drug-likeness (QED) is 0.130. The van der Waals surface area contributed by atoms with Crippen LogP contribution in [0.1, 0.15) is 70.8 Å². The molecule has 0 radical (unpaired) electrons. The van der Waals surface area contributed by atoms with Crippen molar-refractivity contribution in [3.8, 4) is 18.1 Å². The highest BCUT2D eigenvalue weighted by molar-refractivity contribution is 5.96. The smallest absolute Gasteiger partial charge is 0.328 e. The molecule has 3 fully saturated rings. The molecule has 1 unspecified atom stereocenters. The average Bonchev–Trinajstić information content (AvgIpc) is 3.27. The molecule has 5 rings (SSSR count). The number of aliphatic hydroxyl groups is 1. The van der Waals surface area contributed by atoms with Crippen LogP contribution in [0.4, 0.5) is 5.69 Å². The van der Waals surface area contributed by atoms with Gasteiger partial charge < -0.3 is 30.3 Å². The monoisotopic (exact) mass is 609 g/mol. The van der Waals surface area contributed by atoms with Gasteiger partial charge in [-0.3, -0.25) is 4.79 Å². The van der Waals surface area contributed by atoms with Crippen LogP contribution in [0.15, 0.2) is 35.0 Å². The largest absolute Gasteiger partial charge is 0.595 e. The molecule has 11 nitrogen and oxygen atoms in total. The highest BCUT2D eigenvalue weighted by Crippen LogP contribution is 2.67. The fourth-order valence-electron chi connectivity index (χ4n) is 8.76. The second kappa shape index (κ2) is 12.2. The number of aromatic hydroxyl groups is 1. The van der Waals surface area contributed by atoms with E-state index in [-0.39, 0.29) is 22.9 Å². The third-order valence-corrected chi connectivity index (χ3v) is 11.3. The van der Waals surface area contributed by atoms with Gasteiger partial charge in [-0.2, -0.15) is 5.23 Å². The van der Waals surface area contributed by atoms with E-state index in [1.54, 1.807) is 0 Å². The number of allylic oxidation sites excluding steroid dienone is 2. The maximum absolute atomic E-state index is 12.7. The van der Waals surface area contributed by atoms with Crippen molar-refractivity contribution in [3.63, 3.8) is 0 Å². The van der Waals surface area contributed by atoms with Crippen LogP contribution in [-0.4, -0.2) is 58.4 Å². The SMILES string of the molecule is C#C[C@@]1(O)CC[C@@H]2[C@@H]3CCC4=CC(=NOCC(=O)N[C@@H](Cc5ccc(O)c([NH+]([O-])O)c5)C(=O)OC)CC[C@]4(C)[C@H]3CC[C@]21C. The predicted molar refractivity (Wildman–Crippen MR) is 160 cm³/mol. The van der Waals surface area contributed by atoms with Crippen LogP contribution < -0.4 is 10.5 Å². The Hall–Kier alpha value is -3.43. The molecule has 4 aliphatic rings. The van der Waals surface area contributed by atoms with E-state index < -0.39 is 41.1 Å². The summed E-state index contributed by atoms with van der Waals surface area (Å²) in [5.41, 5.74) is 1.08. The first kappa shape index (κ1) is 32.0. The van der Waals surface area contributed by atoms with E-state index in [2.05, 4.69) is 36.3 Å². The summed E-state index contributed by atoms with van der Waals surface area (Å²) in [4.78, 5) is 30.4. The zero-order valence-corrected chi connectivity index (χ0v) is 25.6. The molecule has 1 aromatic rings. The number of benzene rings is 1. The number of nitrogens with one attached hydrogen (secondary N) is 2. The van der Waals surface area contributed by atoms with Crippen LogP contribution in [0, 0.1) is 46.1 Å². The maximum atomic E-state index is 12.7. The number of quaternary nitrogens is 1. The van der Waals surface area contributed by atoms with Crippen molar-refractivity contribution in [2.75, 3.05) is 13.7 Å². The standard InChI is InChI=1S/C33H43N3O8/c1-5-33(40)15-12-25-23-8-7-21-18-22(10-13-31(21,2)24(23)11-14-32(25,33)3)35-44-19-29(38)34-26(30(39)43-4)16-20-6-9-28(37)27(17-20)36(41)42/h1,6,9,17-18,23-26,36-37,40-41H,7-8,10-16,19H2,2-4H3,(H,34,38)/t23-,24+,25-,26+,31+,32-,33-/m1/s1. The summed E-state index contributed by atoms with van der Waals surface area (Å²) >= 11 is 0. The molecule has 5 N–H and O–H groups in total. The van der Waals surface area contributed by atoms with Crippen molar-refractivity contribution in [2.24, 2.45) is 33.7 Å². The number of carbonyl (C=O) groups is 2. The van der Waals surface area contributed by atoms with Gasteiger partial charge in [-0.15, -0.1) is 6.42 Å². The van der Waals surface area contributed by atoms with Gasteiger partial charge in [0.1, 0.15) is 11.6 Å². The first-order chi connectivity index (χ1) is 20.8. The van der Waals surface area contributed by atoms with E-state index in [0.29, 0.717) is 29.7 Å². The molecule has 44 heavy (non-hydrogen) atoms. The summed E-state index contributed by atoms with van der Waals surface area (Å²) in [5, 5.41) is 47.1. The summed E-state index contributed by atoms with van der Waals surface area (Å²) in [6.45, 7) is 4.16. The number of phenols is 1. The third kappa shape index (κ3) is 5.60. The van der Waals surface area contributed by atoms with Crippen LogP contribution in [0.3, 0.4) is 0 Å². The average molecular weight is 610 g/mol. The molecule has 238 valence electrons. The zero-order valence-electron chi connectivity index (χ0n) is 25.6. The molecule has 4 aliphatic carbocycles. The van der Waals surface area contributed by atoms with E-state index in [4.69, 9.17) is 16.0 Å². The number of esters is 1. The van der Waals surface area contributed by atoms with Crippen molar-refractivity contribution >= 4 is 23.3 Å². The first-order valence-electron chi connectivity index (χ1n) is 15.4. The van der Waals surface area contributed by atoms with Crippen molar-refractivity contribution < 1.29 is 39.8 Å². The Morgan fingerprint density at radius 2 is 1.95 bits per heavy atom. The van der Waals surface area contributed by atoms with E-state index >= 15 is 0 Å². The normalized spacial score (nSPS) is 34.8. The molecule has 0 spiro atoms. The minimum Gasteiger partial charge on any atom is -0.595 e. The number of hydrogen-bond acceptors (Lipinski definition) is 9. The number of rotatable bonds is 8. The van der Waals surface area contributed by atoms with Gasteiger partial charge in [-0.05, 0) is 92.2 Å². The highest BCUT2D eigenvalue weighted by atomic mass is 16.8. The molecule has 0 saturated heterocycles. The van der Waals surface area contributed by atoms with Crippen molar-refractivity contribution in [3.05, 3.63) is 40.6 Å². The molecule has 11 heteroatoms. The lowest BCUT2D eigenvalue weighted by Crippen LogP contribution is -2.99. The van der Waals surface area contributed by atoms with Gasteiger partial charge in [0.05, 0.1) is 12.8 Å². The Bertz CT molecular complexity index is 1400. The van der Waals surface area contributed by atoms with E-state index in [9.17, 15) is 30.2 Å². The molecule has 8 atom stereocenters. The lowest BCUT2D eigenvalue weighted by Gasteiger charge is -2.58. The van der Waals surface area contributed by atoms with Crippen LogP contribution in [0.2, 0.25) is 0 Å². The van der Waals surface area contributed by atoms with E-state index in [0.717, 1.165) is 50.7 Å². The van der Waals surface area contributed by atoms with Gasteiger partial charge in [0, 0.05) is 17.9 Å². The van der Waals surface area contributed by atoms with Gasteiger partial charge in [0.2, 0.25) is 5.69 Å². The van der Waals surface area contributed by atoms with Crippen LogP contribution >= 0.6 is 0 Å². The number of amides is 1. The number of oxime groups is 1. The number of terminal acetylenes is 1. The van der Waals surface area contributed by atoms with Gasteiger partial charge in [-0.1, -0.05) is 36.6 Å². The van der Waals surface area contributed by atoms with E-state index in [1.807, 2.05) is 0 Å². The molecule has 1 aromatic carbocycles. The predicted octanol–water partition coefficient (Wildman–Crippen LogP) is 2.70. The Kier molecular flexibility index (Phi) is 8.84. The topological polar surface area (TPSA) is 165 Å². The molecule has 0 aromatic heterocycles. The van der Waals surface area contributed by atoms with E-state index in [1.165, 1.54) is 30.9 Å². The summed E-state index contributed by atoms with van der Waals surface area (Å²) in [7, 11) is 1.19. The van der Waals surface area contributed by atoms with Crippen molar-refractivity contribution in [2.45, 2.75) is 83.3 Å². The molecule has 3 saturated carbocycles. The number of methoxy groups -OCH3 is 1. The van der Waals surface area contributed by atoms with Crippen LogP contribution in [-0.2, 0) is 25.6 Å². The minimum atomic E-state index is -1.31. The summed E-state index contributed by atoms with van der Waals surface area (Å²) < 4.78 is 4.81. The van der Waals surface area contributed by atoms with Gasteiger partial charge in [0.25, 0.3) is 5.91 Å². The fourth-order valence-corrected chi connectivity index (χ4v) is 8.76. The fraction of sp³-hybridized carbons (Fsp3) is 0.606. The minimum absolute atomic E-state index is 0.0393. The van der Waals surface area contributed by atoms with Gasteiger partial charge in [0.15, 0.2) is 12.4 Å². The molecule has 0 bridgehead atoms. The number of fused-ring (bicyclic) bond motifs is 5. The molecule has 0 aliphatic heterocycles. The lowest BCUT2D eigenvalue weighted by atomic mass is 9.46. The Morgan fingerprint density at radius 3 is 2.66 bits per heavy atom. The second-order valence-corrected chi connectivity index (χ2v) is 13.4. The number of ether oxygens (including phenoxy) is 1.